The zero-order valence-corrected chi connectivity index (χ0v) is 18.3. The van der Waals surface area contributed by atoms with Crippen LogP contribution in [0.4, 0.5) is 0 Å². The molecule has 1 atom stereocenters. The molecular weight excluding hydrogens is 410 g/mol. The van der Waals surface area contributed by atoms with E-state index in [1.54, 1.807) is 12.1 Å². The number of oxazole rings is 1. The van der Waals surface area contributed by atoms with Crippen LogP contribution < -0.4 is 0 Å². The molecule has 1 N–H and O–H groups in total. The van der Waals surface area contributed by atoms with E-state index >= 15 is 0 Å². The van der Waals surface area contributed by atoms with Crippen molar-refractivity contribution < 1.29 is 14.3 Å². The van der Waals surface area contributed by atoms with Gasteiger partial charge in [0.15, 0.2) is 5.76 Å². The van der Waals surface area contributed by atoms with Crippen LogP contribution in [0.3, 0.4) is 0 Å². The van der Waals surface area contributed by atoms with Crippen molar-refractivity contribution in [3.63, 3.8) is 0 Å². The first-order chi connectivity index (χ1) is 16.2. The van der Waals surface area contributed by atoms with Crippen LogP contribution in [0.15, 0.2) is 95.4 Å². The number of allylic oxidation sites excluding steroid dienone is 2. The van der Waals surface area contributed by atoms with Gasteiger partial charge in [0.2, 0.25) is 5.89 Å². The van der Waals surface area contributed by atoms with Crippen LogP contribution in [0.2, 0.25) is 0 Å². The molecule has 1 aliphatic rings. The second-order valence-electron chi connectivity index (χ2n) is 8.42. The monoisotopic (exact) mass is 435 g/mol. The topological polar surface area (TPSA) is 63.3 Å². The van der Waals surface area contributed by atoms with Crippen molar-refractivity contribution in [2.75, 3.05) is 0 Å². The summed E-state index contributed by atoms with van der Waals surface area (Å²) in [7, 11) is 0. The summed E-state index contributed by atoms with van der Waals surface area (Å²) in [5, 5.41) is 9.17. The second kappa shape index (κ2) is 9.29. The van der Waals surface area contributed by atoms with Gasteiger partial charge >= 0.3 is 5.97 Å². The number of hydrogen-bond donors (Lipinski definition) is 1. The Labute approximate surface area is 193 Å². The second-order valence-corrected chi connectivity index (χ2v) is 8.42. The van der Waals surface area contributed by atoms with E-state index in [9.17, 15) is 9.90 Å². The van der Waals surface area contributed by atoms with Crippen LogP contribution in [0.1, 0.15) is 41.1 Å². The molecule has 0 amide bonds. The Hall–Kier alpha value is -3.92. The molecule has 33 heavy (non-hydrogen) atoms. The first-order valence-corrected chi connectivity index (χ1v) is 11.3. The summed E-state index contributed by atoms with van der Waals surface area (Å²) in [6.45, 7) is 0. The Morgan fingerprint density at radius 3 is 2.24 bits per heavy atom. The molecular formula is C29H25NO3. The van der Waals surface area contributed by atoms with E-state index < -0.39 is 5.97 Å². The van der Waals surface area contributed by atoms with E-state index in [0.29, 0.717) is 11.5 Å². The number of carbonyl (C=O) groups is 1. The maximum absolute atomic E-state index is 11.2. The molecule has 164 valence electrons. The minimum absolute atomic E-state index is 0.278. The summed E-state index contributed by atoms with van der Waals surface area (Å²) < 4.78 is 6.46. The molecule has 0 saturated heterocycles. The average Bonchev–Trinajstić information content (AvgIpc) is 3.31. The van der Waals surface area contributed by atoms with Gasteiger partial charge in [-0.1, -0.05) is 78.9 Å². The van der Waals surface area contributed by atoms with Crippen LogP contribution in [-0.2, 0) is 6.42 Å². The van der Waals surface area contributed by atoms with Crippen molar-refractivity contribution in [3.8, 4) is 22.6 Å². The van der Waals surface area contributed by atoms with Gasteiger partial charge in [-0.2, -0.15) is 0 Å². The Bertz CT molecular complexity index is 1210. The van der Waals surface area contributed by atoms with E-state index in [0.717, 1.165) is 59.4 Å². The summed E-state index contributed by atoms with van der Waals surface area (Å²) in [5.74, 6) is 0.842. The van der Waals surface area contributed by atoms with Crippen LogP contribution in [0.5, 0.6) is 0 Å². The highest BCUT2D eigenvalue weighted by atomic mass is 16.4. The third-order valence-electron chi connectivity index (χ3n) is 6.20. The van der Waals surface area contributed by atoms with Gasteiger partial charge in [0.1, 0.15) is 5.69 Å². The highest BCUT2D eigenvalue weighted by Crippen LogP contribution is 2.39. The van der Waals surface area contributed by atoms with E-state index in [1.807, 2.05) is 60.7 Å². The lowest BCUT2D eigenvalue weighted by atomic mass is 9.83. The molecule has 0 spiro atoms. The molecule has 0 saturated carbocycles. The van der Waals surface area contributed by atoms with Gasteiger partial charge in [0.25, 0.3) is 0 Å². The third kappa shape index (κ3) is 4.51. The van der Waals surface area contributed by atoms with Gasteiger partial charge in [-0.15, -0.1) is 0 Å². The Morgan fingerprint density at radius 2 is 1.58 bits per heavy atom. The lowest BCUT2D eigenvalue weighted by Gasteiger charge is -2.22. The molecule has 1 aliphatic carbocycles. The van der Waals surface area contributed by atoms with E-state index in [2.05, 4.69) is 18.2 Å². The normalized spacial score (nSPS) is 15.8. The molecule has 0 unspecified atom stereocenters. The van der Waals surface area contributed by atoms with Crippen molar-refractivity contribution in [1.29, 1.82) is 0 Å². The highest BCUT2D eigenvalue weighted by Gasteiger charge is 2.26. The summed E-state index contributed by atoms with van der Waals surface area (Å²) in [5.41, 5.74) is 5.47. The SMILES string of the molecule is O=C(O)c1ccc(C[C@@H]2CCCC=C2c2nc(-c3ccccc3)c(-c3ccccc3)o2)cc1. The predicted molar refractivity (Wildman–Crippen MR) is 130 cm³/mol. The molecule has 5 rings (SSSR count). The zero-order valence-electron chi connectivity index (χ0n) is 18.3. The lowest BCUT2D eigenvalue weighted by molar-refractivity contribution is 0.0697. The van der Waals surface area contributed by atoms with Crippen molar-refractivity contribution in [2.45, 2.75) is 25.7 Å². The number of aromatic nitrogens is 1. The lowest BCUT2D eigenvalue weighted by Crippen LogP contribution is -2.11. The largest absolute Gasteiger partial charge is 0.478 e. The van der Waals surface area contributed by atoms with Gasteiger partial charge in [-0.3, -0.25) is 0 Å². The molecule has 0 bridgehead atoms. The van der Waals surface area contributed by atoms with Gasteiger partial charge in [0, 0.05) is 16.7 Å². The minimum atomic E-state index is -0.901. The molecule has 0 radical (unpaired) electrons. The van der Waals surface area contributed by atoms with Crippen LogP contribution in [0.25, 0.3) is 28.2 Å². The van der Waals surface area contributed by atoms with E-state index in [-0.39, 0.29) is 5.92 Å². The quantitative estimate of drug-likeness (QED) is 0.350. The van der Waals surface area contributed by atoms with Crippen molar-refractivity contribution in [2.24, 2.45) is 5.92 Å². The summed E-state index contributed by atoms with van der Waals surface area (Å²) >= 11 is 0. The number of benzene rings is 3. The number of carboxylic acids is 1. The maximum Gasteiger partial charge on any atom is 0.335 e. The summed E-state index contributed by atoms with van der Waals surface area (Å²) in [4.78, 5) is 16.2. The van der Waals surface area contributed by atoms with Gasteiger partial charge in [-0.05, 0) is 49.3 Å². The smallest absolute Gasteiger partial charge is 0.335 e. The molecule has 1 heterocycles. The molecule has 0 aliphatic heterocycles. The standard InChI is InChI=1S/C29H25NO3/c31-29(32)23-17-15-20(16-18-23)19-24-13-7-8-14-25(24)28-30-26(21-9-3-1-4-10-21)27(33-28)22-11-5-2-6-12-22/h1-6,9-12,14-18,24H,7-8,13,19H2,(H,31,32)/t24-/m0/s1. The highest BCUT2D eigenvalue weighted by molar-refractivity contribution is 5.87. The summed E-state index contributed by atoms with van der Waals surface area (Å²) in [6, 6.07) is 27.4. The fraction of sp³-hybridized carbons (Fsp3) is 0.172. The number of aromatic carboxylic acids is 1. The molecule has 3 aromatic carbocycles. The molecule has 4 heteroatoms. The number of nitrogens with zero attached hydrogens (tertiary/aromatic N) is 1. The fourth-order valence-electron chi connectivity index (χ4n) is 4.51. The Morgan fingerprint density at radius 1 is 0.909 bits per heavy atom. The Balaban J connectivity index is 1.51. The van der Waals surface area contributed by atoms with Gasteiger partial charge in [0.05, 0.1) is 5.56 Å². The minimum Gasteiger partial charge on any atom is -0.478 e. The van der Waals surface area contributed by atoms with E-state index in [4.69, 9.17) is 9.40 Å². The predicted octanol–water partition coefficient (Wildman–Crippen LogP) is 7.13. The maximum atomic E-state index is 11.2. The Kier molecular flexibility index (Phi) is 5.90. The van der Waals surface area contributed by atoms with Crippen LogP contribution in [-0.4, -0.2) is 16.1 Å². The van der Waals surface area contributed by atoms with Crippen molar-refractivity contribution in [1.82, 2.24) is 4.98 Å². The van der Waals surface area contributed by atoms with E-state index in [1.165, 1.54) is 0 Å². The first-order valence-electron chi connectivity index (χ1n) is 11.3. The number of rotatable bonds is 6. The van der Waals surface area contributed by atoms with Crippen molar-refractivity contribution in [3.05, 3.63) is 108 Å². The van der Waals surface area contributed by atoms with Gasteiger partial charge in [-0.25, -0.2) is 9.78 Å². The van der Waals surface area contributed by atoms with Crippen molar-refractivity contribution >= 4 is 11.5 Å². The number of hydrogen-bond acceptors (Lipinski definition) is 3. The molecule has 1 aromatic heterocycles. The van der Waals surface area contributed by atoms with Crippen LogP contribution in [0, 0.1) is 5.92 Å². The third-order valence-corrected chi connectivity index (χ3v) is 6.20. The summed E-state index contributed by atoms with van der Waals surface area (Å²) in [6.07, 6.45) is 6.27. The zero-order chi connectivity index (χ0) is 22.6. The van der Waals surface area contributed by atoms with Gasteiger partial charge < -0.3 is 9.52 Å². The molecule has 4 aromatic rings. The number of carboxylic acid groups (broad SMARTS) is 1. The molecule has 4 nitrogen and oxygen atoms in total. The fourth-order valence-corrected chi connectivity index (χ4v) is 4.51. The van der Waals surface area contributed by atoms with Crippen LogP contribution >= 0.6 is 0 Å². The average molecular weight is 436 g/mol. The molecule has 0 fully saturated rings. The first kappa shape index (κ1) is 21.0.